The Kier molecular flexibility index (Phi) is 3.68. The van der Waals surface area contributed by atoms with E-state index in [-0.39, 0.29) is 0 Å². The summed E-state index contributed by atoms with van der Waals surface area (Å²) in [5, 5.41) is 13.6. The lowest BCUT2D eigenvalue weighted by Gasteiger charge is -2.06. The smallest absolute Gasteiger partial charge is 0.146 e. The Morgan fingerprint density at radius 1 is 1.27 bits per heavy atom. The number of hydrogen-bond donors (Lipinski definition) is 3. The second-order valence-electron chi connectivity index (χ2n) is 5.33. The molecule has 3 rings (SSSR count). The van der Waals surface area contributed by atoms with Gasteiger partial charge in [-0.2, -0.15) is 0 Å². The van der Waals surface area contributed by atoms with Crippen molar-refractivity contribution in [2.24, 2.45) is 0 Å². The number of nitrogen functional groups attached to an aromatic ring is 1. The van der Waals surface area contributed by atoms with Gasteiger partial charge in [0.2, 0.25) is 0 Å². The summed E-state index contributed by atoms with van der Waals surface area (Å²) >= 11 is 0. The molecule has 0 bridgehead atoms. The van der Waals surface area contributed by atoms with Gasteiger partial charge >= 0.3 is 0 Å². The number of anilines is 2. The molecule has 1 atom stereocenters. The predicted octanol–water partition coefficient (Wildman–Crippen LogP) is 2.10. The molecular weight excluding hydrogens is 278 g/mol. The van der Waals surface area contributed by atoms with Crippen LogP contribution in [0.2, 0.25) is 0 Å². The lowest BCUT2D eigenvalue weighted by atomic mass is 10.1. The van der Waals surface area contributed by atoms with E-state index in [1.165, 1.54) is 6.33 Å². The lowest BCUT2D eigenvalue weighted by Crippen LogP contribution is -2.11. The molecule has 0 aliphatic heterocycles. The molecule has 2 aromatic heterocycles. The number of nitrogens with zero attached hydrogens (tertiary/aromatic N) is 3. The van der Waals surface area contributed by atoms with Gasteiger partial charge in [0.15, 0.2) is 0 Å². The largest absolute Gasteiger partial charge is 0.392 e. The van der Waals surface area contributed by atoms with Crippen LogP contribution in [0.5, 0.6) is 0 Å². The minimum atomic E-state index is -0.466. The van der Waals surface area contributed by atoms with E-state index >= 15 is 0 Å². The Morgan fingerprint density at radius 2 is 2.00 bits per heavy atom. The quantitative estimate of drug-likeness (QED) is 0.686. The second kappa shape index (κ2) is 5.65. The minimum absolute atomic E-state index is 0.446. The number of aromatic nitrogens is 3. The molecule has 0 radical (unpaired) electrons. The topological polar surface area (TPSA) is 89.0 Å². The Balaban J connectivity index is 2.19. The van der Waals surface area contributed by atoms with E-state index < -0.39 is 6.10 Å². The third kappa shape index (κ3) is 2.48. The van der Waals surface area contributed by atoms with Crippen molar-refractivity contribution in [3.8, 4) is 11.1 Å². The van der Waals surface area contributed by atoms with E-state index in [4.69, 9.17) is 5.73 Å². The first-order chi connectivity index (χ1) is 10.6. The maximum absolute atomic E-state index is 9.68. The van der Waals surface area contributed by atoms with E-state index in [9.17, 15) is 5.11 Å². The van der Waals surface area contributed by atoms with Crippen molar-refractivity contribution in [3.05, 3.63) is 36.8 Å². The fraction of sp³-hybridized carbons (Fsp3) is 0.250. The van der Waals surface area contributed by atoms with Crippen LogP contribution < -0.4 is 11.1 Å². The molecular formula is C16H19N5O. The third-order valence-corrected chi connectivity index (χ3v) is 3.63. The van der Waals surface area contributed by atoms with Crippen molar-refractivity contribution >= 4 is 22.5 Å². The molecule has 1 aromatic carbocycles. The van der Waals surface area contributed by atoms with Crippen LogP contribution in [0.15, 0.2) is 36.8 Å². The molecule has 22 heavy (non-hydrogen) atoms. The van der Waals surface area contributed by atoms with Crippen LogP contribution in [-0.4, -0.2) is 32.8 Å². The maximum atomic E-state index is 9.68. The standard InChI is InChI=1S/C16H19N5O/c1-10(22)7-21-8-13(11-3-5-12(18-2)6-4-11)14-15(17)19-9-20-16(14)21/h3-6,8-10,18,22H,7H2,1-2H3,(H2,17,19,20). The summed E-state index contributed by atoms with van der Waals surface area (Å²) in [4.78, 5) is 8.42. The van der Waals surface area contributed by atoms with Gasteiger partial charge in [-0.25, -0.2) is 9.97 Å². The Hall–Kier alpha value is -2.60. The summed E-state index contributed by atoms with van der Waals surface area (Å²) in [7, 11) is 1.88. The highest BCUT2D eigenvalue weighted by Crippen LogP contribution is 2.33. The second-order valence-corrected chi connectivity index (χ2v) is 5.33. The zero-order valence-corrected chi connectivity index (χ0v) is 12.6. The van der Waals surface area contributed by atoms with Crippen molar-refractivity contribution in [1.82, 2.24) is 14.5 Å². The van der Waals surface area contributed by atoms with Gasteiger partial charge in [-0.1, -0.05) is 12.1 Å². The zero-order valence-electron chi connectivity index (χ0n) is 12.6. The third-order valence-electron chi connectivity index (χ3n) is 3.63. The normalized spacial score (nSPS) is 12.5. The SMILES string of the molecule is CNc1ccc(-c2cn(CC(C)O)c3ncnc(N)c23)cc1. The number of aliphatic hydroxyl groups excluding tert-OH is 1. The fourth-order valence-electron chi connectivity index (χ4n) is 2.61. The van der Waals surface area contributed by atoms with Crippen molar-refractivity contribution in [2.45, 2.75) is 19.6 Å². The highest BCUT2D eigenvalue weighted by Gasteiger charge is 2.15. The maximum Gasteiger partial charge on any atom is 0.146 e. The van der Waals surface area contributed by atoms with Crippen LogP contribution in [-0.2, 0) is 6.54 Å². The molecule has 0 saturated carbocycles. The Labute approximate surface area is 128 Å². The van der Waals surface area contributed by atoms with Gasteiger partial charge in [0, 0.05) is 31.0 Å². The Bertz CT molecular complexity index is 792. The first-order valence-corrected chi connectivity index (χ1v) is 7.15. The molecule has 6 nitrogen and oxygen atoms in total. The molecule has 0 aliphatic rings. The minimum Gasteiger partial charge on any atom is -0.392 e. The first-order valence-electron chi connectivity index (χ1n) is 7.15. The van der Waals surface area contributed by atoms with E-state index in [2.05, 4.69) is 15.3 Å². The lowest BCUT2D eigenvalue weighted by molar-refractivity contribution is 0.175. The molecule has 0 aliphatic carbocycles. The molecule has 0 saturated heterocycles. The average molecular weight is 297 g/mol. The summed E-state index contributed by atoms with van der Waals surface area (Å²) in [6.07, 6.45) is 2.95. The molecule has 0 fully saturated rings. The number of rotatable bonds is 4. The van der Waals surface area contributed by atoms with Crippen LogP contribution in [0, 0.1) is 0 Å². The van der Waals surface area contributed by atoms with Crippen LogP contribution in [0.1, 0.15) is 6.92 Å². The van der Waals surface area contributed by atoms with Crippen molar-refractivity contribution in [3.63, 3.8) is 0 Å². The zero-order chi connectivity index (χ0) is 15.7. The number of aliphatic hydroxyl groups is 1. The first kappa shape index (κ1) is 14.3. The van der Waals surface area contributed by atoms with Crippen LogP contribution >= 0.6 is 0 Å². The molecule has 114 valence electrons. The summed E-state index contributed by atoms with van der Waals surface area (Å²) < 4.78 is 1.92. The van der Waals surface area contributed by atoms with Crippen molar-refractivity contribution in [1.29, 1.82) is 0 Å². The predicted molar refractivity (Wildman–Crippen MR) is 88.6 cm³/mol. The summed E-state index contributed by atoms with van der Waals surface area (Å²) in [6, 6.07) is 8.07. The van der Waals surface area contributed by atoms with Gasteiger partial charge in [-0.3, -0.25) is 0 Å². The molecule has 1 unspecified atom stereocenters. The van der Waals surface area contributed by atoms with E-state index in [1.807, 2.05) is 42.1 Å². The fourth-order valence-corrected chi connectivity index (χ4v) is 2.61. The van der Waals surface area contributed by atoms with Gasteiger partial charge < -0.3 is 20.7 Å². The highest BCUT2D eigenvalue weighted by molar-refractivity contribution is 6.00. The van der Waals surface area contributed by atoms with Crippen molar-refractivity contribution < 1.29 is 5.11 Å². The van der Waals surface area contributed by atoms with Crippen LogP contribution in [0.3, 0.4) is 0 Å². The number of benzene rings is 1. The molecule has 3 aromatic rings. The molecule has 0 spiro atoms. The number of hydrogen-bond acceptors (Lipinski definition) is 5. The molecule has 6 heteroatoms. The molecule has 2 heterocycles. The highest BCUT2D eigenvalue weighted by atomic mass is 16.3. The van der Waals surface area contributed by atoms with Gasteiger partial charge in [0.25, 0.3) is 0 Å². The van der Waals surface area contributed by atoms with Gasteiger partial charge in [-0.15, -0.1) is 0 Å². The Morgan fingerprint density at radius 3 is 2.64 bits per heavy atom. The average Bonchev–Trinajstić information content (AvgIpc) is 2.87. The molecule has 0 amide bonds. The van der Waals surface area contributed by atoms with E-state index in [0.717, 1.165) is 27.8 Å². The van der Waals surface area contributed by atoms with E-state index in [1.54, 1.807) is 6.92 Å². The summed E-state index contributed by atoms with van der Waals surface area (Å²) in [6.45, 7) is 2.21. The van der Waals surface area contributed by atoms with Gasteiger partial charge in [0.05, 0.1) is 11.5 Å². The number of nitrogens with one attached hydrogen (secondary N) is 1. The van der Waals surface area contributed by atoms with Crippen LogP contribution in [0.25, 0.3) is 22.2 Å². The van der Waals surface area contributed by atoms with Crippen LogP contribution in [0.4, 0.5) is 11.5 Å². The summed E-state index contributed by atoms with van der Waals surface area (Å²) in [5.74, 6) is 0.446. The number of fused-ring (bicyclic) bond motifs is 1. The van der Waals surface area contributed by atoms with E-state index in [0.29, 0.717) is 12.4 Å². The monoisotopic (exact) mass is 297 g/mol. The molecule has 4 N–H and O–H groups in total. The number of nitrogens with two attached hydrogens (primary N) is 1. The van der Waals surface area contributed by atoms with Gasteiger partial charge in [0.1, 0.15) is 17.8 Å². The summed E-state index contributed by atoms with van der Waals surface area (Å²) in [5.41, 5.74) is 9.84. The van der Waals surface area contributed by atoms with Gasteiger partial charge in [-0.05, 0) is 24.6 Å². The van der Waals surface area contributed by atoms with Crippen molar-refractivity contribution in [2.75, 3.05) is 18.1 Å².